The monoisotopic (exact) mass is 346 g/mol. The van der Waals surface area contributed by atoms with Crippen LogP contribution in [0.15, 0.2) is 24.3 Å². The van der Waals surface area contributed by atoms with Gasteiger partial charge in [-0.05, 0) is 39.0 Å². The first-order valence-electron chi connectivity index (χ1n) is 8.78. The molecule has 0 atom stereocenters. The standard InChI is InChI=1S/C19H26N2O4/c1-18(2,3)20-16(22)14-5-4-6-15(13-14)17(23)21-9-7-19(8-10-21)24-11-12-25-19/h4-6,13H,7-12H2,1-3H3,(H,20,22). The first-order valence-corrected chi connectivity index (χ1v) is 8.78. The van der Waals surface area contributed by atoms with Crippen molar-refractivity contribution in [3.8, 4) is 0 Å². The van der Waals surface area contributed by atoms with Crippen LogP contribution in [0, 0.1) is 0 Å². The minimum Gasteiger partial charge on any atom is -0.347 e. The zero-order valence-corrected chi connectivity index (χ0v) is 15.1. The van der Waals surface area contributed by atoms with Gasteiger partial charge < -0.3 is 19.7 Å². The van der Waals surface area contributed by atoms with Gasteiger partial charge in [-0.2, -0.15) is 0 Å². The van der Waals surface area contributed by atoms with Crippen molar-refractivity contribution in [2.75, 3.05) is 26.3 Å². The number of nitrogens with one attached hydrogen (secondary N) is 1. The van der Waals surface area contributed by atoms with Gasteiger partial charge in [0.25, 0.3) is 11.8 Å². The lowest BCUT2D eigenvalue weighted by atomic mass is 10.0. The van der Waals surface area contributed by atoms with E-state index in [2.05, 4.69) is 5.32 Å². The average Bonchev–Trinajstić information content (AvgIpc) is 3.02. The van der Waals surface area contributed by atoms with E-state index in [9.17, 15) is 9.59 Å². The molecule has 6 heteroatoms. The third kappa shape index (κ3) is 4.19. The van der Waals surface area contributed by atoms with Crippen LogP contribution in [-0.2, 0) is 9.47 Å². The Bertz CT molecular complexity index is 650. The minimum atomic E-state index is -0.495. The van der Waals surface area contributed by atoms with Crippen LogP contribution >= 0.6 is 0 Å². The van der Waals surface area contributed by atoms with Gasteiger partial charge in [0, 0.05) is 42.6 Å². The third-order valence-corrected chi connectivity index (χ3v) is 4.49. The Morgan fingerprint density at radius 3 is 2.28 bits per heavy atom. The van der Waals surface area contributed by atoms with E-state index >= 15 is 0 Å². The summed E-state index contributed by atoms with van der Waals surface area (Å²) in [5, 5.41) is 2.92. The van der Waals surface area contributed by atoms with Gasteiger partial charge in [-0.25, -0.2) is 0 Å². The number of likely N-dealkylation sites (tertiary alicyclic amines) is 1. The molecule has 0 radical (unpaired) electrons. The number of carbonyl (C=O) groups excluding carboxylic acids is 2. The normalized spacial score (nSPS) is 19.9. The Labute approximate surface area is 148 Å². The van der Waals surface area contributed by atoms with Gasteiger partial charge in [-0.1, -0.05) is 6.07 Å². The van der Waals surface area contributed by atoms with Crippen molar-refractivity contribution in [2.24, 2.45) is 0 Å². The van der Waals surface area contributed by atoms with Gasteiger partial charge in [-0.3, -0.25) is 9.59 Å². The molecule has 136 valence electrons. The van der Waals surface area contributed by atoms with Gasteiger partial charge in [0.2, 0.25) is 0 Å². The van der Waals surface area contributed by atoms with Crippen molar-refractivity contribution < 1.29 is 19.1 Å². The second kappa shape index (κ2) is 6.77. The fourth-order valence-electron chi connectivity index (χ4n) is 3.22. The lowest BCUT2D eigenvalue weighted by molar-refractivity contribution is -0.181. The Morgan fingerprint density at radius 1 is 1.08 bits per heavy atom. The molecule has 0 unspecified atom stereocenters. The predicted molar refractivity (Wildman–Crippen MR) is 93.4 cm³/mol. The summed E-state index contributed by atoms with van der Waals surface area (Å²) in [4.78, 5) is 26.9. The number of ether oxygens (including phenoxy) is 2. The Kier molecular flexibility index (Phi) is 4.84. The van der Waals surface area contributed by atoms with Crippen LogP contribution in [0.3, 0.4) is 0 Å². The summed E-state index contributed by atoms with van der Waals surface area (Å²) in [7, 11) is 0. The molecule has 0 bridgehead atoms. The van der Waals surface area contributed by atoms with Gasteiger partial charge in [0.1, 0.15) is 0 Å². The number of hydrogen-bond acceptors (Lipinski definition) is 4. The summed E-state index contributed by atoms with van der Waals surface area (Å²) >= 11 is 0. The quantitative estimate of drug-likeness (QED) is 0.891. The predicted octanol–water partition coefficient (Wildman–Crippen LogP) is 2.19. The van der Waals surface area contributed by atoms with Crippen molar-refractivity contribution in [1.29, 1.82) is 0 Å². The van der Waals surface area contributed by atoms with Gasteiger partial charge in [0.05, 0.1) is 13.2 Å². The van der Waals surface area contributed by atoms with Crippen molar-refractivity contribution in [1.82, 2.24) is 10.2 Å². The Hall–Kier alpha value is -1.92. The summed E-state index contributed by atoms with van der Waals surface area (Å²) < 4.78 is 11.4. The van der Waals surface area contributed by atoms with Crippen LogP contribution in [0.2, 0.25) is 0 Å². The summed E-state index contributed by atoms with van der Waals surface area (Å²) in [5.41, 5.74) is 0.710. The largest absolute Gasteiger partial charge is 0.347 e. The lowest BCUT2D eigenvalue weighted by Gasteiger charge is -2.37. The van der Waals surface area contributed by atoms with E-state index in [1.807, 2.05) is 20.8 Å². The highest BCUT2D eigenvalue weighted by atomic mass is 16.7. The van der Waals surface area contributed by atoms with E-state index in [1.54, 1.807) is 29.2 Å². The minimum absolute atomic E-state index is 0.0572. The fourth-order valence-corrected chi connectivity index (χ4v) is 3.22. The molecule has 3 rings (SSSR count). The van der Waals surface area contributed by atoms with E-state index in [-0.39, 0.29) is 17.4 Å². The number of carbonyl (C=O) groups is 2. The van der Waals surface area contributed by atoms with Crippen LogP contribution in [0.25, 0.3) is 0 Å². The zero-order chi connectivity index (χ0) is 18.1. The van der Waals surface area contributed by atoms with E-state index in [4.69, 9.17) is 9.47 Å². The lowest BCUT2D eigenvalue weighted by Crippen LogP contribution is -2.47. The smallest absolute Gasteiger partial charge is 0.253 e. The van der Waals surface area contributed by atoms with Crippen LogP contribution in [0.4, 0.5) is 0 Å². The molecule has 2 saturated heterocycles. The van der Waals surface area contributed by atoms with Crippen LogP contribution in [0.1, 0.15) is 54.3 Å². The zero-order valence-electron chi connectivity index (χ0n) is 15.1. The van der Waals surface area contributed by atoms with Crippen molar-refractivity contribution in [2.45, 2.75) is 44.9 Å². The molecule has 1 spiro atoms. The maximum Gasteiger partial charge on any atom is 0.253 e. The first-order chi connectivity index (χ1) is 11.8. The summed E-state index contributed by atoms with van der Waals surface area (Å²) in [6.07, 6.45) is 1.37. The molecule has 0 aliphatic carbocycles. The molecule has 2 amide bonds. The number of rotatable bonds is 2. The van der Waals surface area contributed by atoms with Crippen molar-refractivity contribution in [3.05, 3.63) is 35.4 Å². The molecule has 1 aromatic carbocycles. The number of hydrogen-bond donors (Lipinski definition) is 1. The Morgan fingerprint density at radius 2 is 1.68 bits per heavy atom. The number of benzene rings is 1. The molecule has 2 fully saturated rings. The van der Waals surface area contributed by atoms with Gasteiger partial charge in [-0.15, -0.1) is 0 Å². The second-order valence-electron chi connectivity index (χ2n) is 7.68. The first kappa shape index (κ1) is 17.9. The molecular formula is C19H26N2O4. The average molecular weight is 346 g/mol. The Balaban J connectivity index is 1.67. The third-order valence-electron chi connectivity index (χ3n) is 4.49. The number of amides is 2. The molecule has 0 saturated carbocycles. The molecule has 6 nitrogen and oxygen atoms in total. The molecule has 1 N–H and O–H groups in total. The highest BCUT2D eigenvalue weighted by molar-refractivity contribution is 5.99. The topological polar surface area (TPSA) is 67.9 Å². The summed E-state index contributed by atoms with van der Waals surface area (Å²) in [6.45, 7) is 8.22. The highest BCUT2D eigenvalue weighted by Gasteiger charge is 2.40. The number of piperidine rings is 1. The molecule has 2 heterocycles. The molecular weight excluding hydrogens is 320 g/mol. The highest BCUT2D eigenvalue weighted by Crippen LogP contribution is 2.31. The molecule has 0 aromatic heterocycles. The number of nitrogens with zero attached hydrogens (tertiary/aromatic N) is 1. The second-order valence-corrected chi connectivity index (χ2v) is 7.68. The molecule has 2 aliphatic heterocycles. The van der Waals surface area contributed by atoms with E-state index < -0.39 is 5.79 Å². The van der Waals surface area contributed by atoms with Crippen molar-refractivity contribution in [3.63, 3.8) is 0 Å². The van der Waals surface area contributed by atoms with Crippen LogP contribution < -0.4 is 5.32 Å². The van der Waals surface area contributed by atoms with Crippen molar-refractivity contribution >= 4 is 11.8 Å². The van der Waals surface area contributed by atoms with E-state index in [1.165, 1.54) is 0 Å². The van der Waals surface area contributed by atoms with E-state index in [0.29, 0.717) is 50.3 Å². The molecule has 25 heavy (non-hydrogen) atoms. The summed E-state index contributed by atoms with van der Waals surface area (Å²) in [6, 6.07) is 6.89. The fraction of sp³-hybridized carbons (Fsp3) is 0.579. The van der Waals surface area contributed by atoms with Gasteiger partial charge >= 0.3 is 0 Å². The molecule has 2 aliphatic rings. The maximum absolute atomic E-state index is 12.8. The van der Waals surface area contributed by atoms with Crippen LogP contribution in [-0.4, -0.2) is 54.3 Å². The van der Waals surface area contributed by atoms with E-state index in [0.717, 1.165) is 0 Å². The van der Waals surface area contributed by atoms with Gasteiger partial charge in [0.15, 0.2) is 5.79 Å². The molecule has 1 aromatic rings. The van der Waals surface area contributed by atoms with Crippen LogP contribution in [0.5, 0.6) is 0 Å². The summed E-state index contributed by atoms with van der Waals surface area (Å²) in [5.74, 6) is -0.726. The SMILES string of the molecule is CC(C)(C)NC(=O)c1cccc(C(=O)N2CCC3(CC2)OCCO3)c1. The maximum atomic E-state index is 12.8.